The van der Waals surface area contributed by atoms with Gasteiger partial charge in [-0.2, -0.15) is 13.2 Å². The summed E-state index contributed by atoms with van der Waals surface area (Å²) in [4.78, 5) is 4.39. The van der Waals surface area contributed by atoms with E-state index in [1.54, 1.807) is 6.92 Å². The number of hydrogen-bond acceptors (Lipinski definition) is 3. The van der Waals surface area contributed by atoms with E-state index in [0.717, 1.165) is 35.9 Å². The summed E-state index contributed by atoms with van der Waals surface area (Å²) in [5, 5.41) is 3.66. The fourth-order valence-electron chi connectivity index (χ4n) is 3.57. The quantitative estimate of drug-likeness (QED) is 0.429. The molecule has 3 N–H and O–H groups in total. The average molecular weight is 481 g/mol. The predicted octanol–water partition coefficient (Wildman–Crippen LogP) is 7.22. The molecule has 0 radical (unpaired) electrons. The second-order valence-corrected chi connectivity index (χ2v) is 8.73. The third kappa shape index (κ3) is 8.00. The minimum Gasteiger partial charge on any atom is -0.399 e. The highest BCUT2D eigenvalue weighted by molar-refractivity contribution is 6.32. The number of halogens is 4. The molecule has 0 spiro atoms. The molecule has 1 aliphatic rings. The molecule has 8 heteroatoms. The molecule has 0 aromatic carbocycles. The first-order valence-electron chi connectivity index (χ1n) is 10.9. The van der Waals surface area contributed by atoms with Crippen molar-refractivity contribution in [1.82, 2.24) is 9.38 Å². The third-order valence-electron chi connectivity index (χ3n) is 5.66. The number of nitrogens with two attached hydrogens (primary N) is 1. The predicted molar refractivity (Wildman–Crippen MR) is 131 cm³/mol. The van der Waals surface area contributed by atoms with Crippen molar-refractivity contribution in [3.05, 3.63) is 77.8 Å². The molecular formula is C25H32ClF3N4. The van der Waals surface area contributed by atoms with Gasteiger partial charge in [-0.25, -0.2) is 4.98 Å². The zero-order valence-corrected chi connectivity index (χ0v) is 19.9. The third-order valence-corrected chi connectivity index (χ3v) is 6.09. The lowest BCUT2D eigenvalue weighted by Crippen LogP contribution is -2.20. The van der Waals surface area contributed by atoms with Gasteiger partial charge in [-0.05, 0) is 49.8 Å². The summed E-state index contributed by atoms with van der Waals surface area (Å²) in [5.41, 5.74) is 5.29. The van der Waals surface area contributed by atoms with Crippen molar-refractivity contribution < 1.29 is 13.2 Å². The smallest absolute Gasteiger partial charge is 0.399 e. The fraction of sp³-hybridized carbons (Fsp3) is 0.400. The molecule has 0 amide bonds. The van der Waals surface area contributed by atoms with Gasteiger partial charge in [0.2, 0.25) is 0 Å². The number of nitrogens with one attached hydrogen (secondary N) is 1. The summed E-state index contributed by atoms with van der Waals surface area (Å²) in [7, 11) is 0. The fourth-order valence-corrected chi connectivity index (χ4v) is 3.75. The molecule has 2 aromatic rings. The van der Waals surface area contributed by atoms with Crippen LogP contribution in [0.15, 0.2) is 77.8 Å². The lowest BCUT2D eigenvalue weighted by Gasteiger charge is -2.26. The van der Waals surface area contributed by atoms with Crippen LogP contribution in [0.3, 0.4) is 0 Å². The van der Waals surface area contributed by atoms with E-state index >= 15 is 0 Å². The van der Waals surface area contributed by atoms with Crippen molar-refractivity contribution in [2.24, 2.45) is 17.6 Å². The summed E-state index contributed by atoms with van der Waals surface area (Å²) in [6.07, 6.45) is 7.20. The minimum atomic E-state index is -4.49. The highest BCUT2D eigenvalue weighted by atomic mass is 35.5. The largest absolute Gasteiger partial charge is 0.415 e. The Labute approximate surface area is 198 Å². The van der Waals surface area contributed by atoms with E-state index < -0.39 is 11.7 Å². The first-order chi connectivity index (χ1) is 15.5. The number of nitrogens with zero attached hydrogens (tertiary/aromatic N) is 2. The molecule has 0 saturated heterocycles. The monoisotopic (exact) mass is 480 g/mol. The lowest BCUT2D eigenvalue weighted by molar-refractivity contribution is -0.0878. The molecule has 180 valence electrons. The Morgan fingerprint density at radius 3 is 2.52 bits per heavy atom. The Balaban J connectivity index is 0.000000239. The summed E-state index contributed by atoms with van der Waals surface area (Å²) < 4.78 is 38.6. The Morgan fingerprint density at radius 1 is 1.27 bits per heavy atom. The van der Waals surface area contributed by atoms with Crippen molar-refractivity contribution in [3.63, 3.8) is 0 Å². The van der Waals surface area contributed by atoms with Crippen LogP contribution in [-0.4, -0.2) is 22.1 Å². The molecule has 4 nitrogen and oxygen atoms in total. The highest BCUT2D eigenvalue weighted by Crippen LogP contribution is 2.30. The van der Waals surface area contributed by atoms with Gasteiger partial charge >= 0.3 is 6.18 Å². The number of pyridine rings is 1. The Morgan fingerprint density at radius 2 is 1.94 bits per heavy atom. The van der Waals surface area contributed by atoms with Crippen LogP contribution in [0.5, 0.6) is 0 Å². The van der Waals surface area contributed by atoms with E-state index in [2.05, 4.69) is 41.0 Å². The number of rotatable bonds is 6. The molecule has 1 fully saturated rings. The van der Waals surface area contributed by atoms with Crippen LogP contribution in [0, 0.1) is 11.8 Å². The maximum absolute atomic E-state index is 12.2. The normalized spacial score (nSPS) is 19.6. The molecule has 0 aliphatic heterocycles. The van der Waals surface area contributed by atoms with E-state index in [1.807, 2.05) is 24.4 Å². The van der Waals surface area contributed by atoms with Crippen LogP contribution >= 0.6 is 11.6 Å². The SMILES string of the molecule is C=C(N)C(=C/C(=C)C(F)(F)F)/C(Cl)=C\C.CC1CCC(CNc2cnc3ccccn23)CC1. The zero-order chi connectivity index (χ0) is 24.6. The lowest BCUT2D eigenvalue weighted by atomic mass is 9.83. The second-order valence-electron chi connectivity index (χ2n) is 8.32. The van der Waals surface area contributed by atoms with Crippen LogP contribution in [0.1, 0.15) is 39.5 Å². The molecule has 1 saturated carbocycles. The van der Waals surface area contributed by atoms with Gasteiger partial charge in [-0.1, -0.05) is 56.7 Å². The van der Waals surface area contributed by atoms with Gasteiger partial charge in [0.05, 0.1) is 6.20 Å². The topological polar surface area (TPSA) is 55.3 Å². The number of allylic oxidation sites excluding steroid dienone is 4. The van der Waals surface area contributed by atoms with E-state index in [9.17, 15) is 13.2 Å². The van der Waals surface area contributed by atoms with Crippen molar-refractivity contribution in [1.29, 1.82) is 0 Å². The van der Waals surface area contributed by atoms with Gasteiger partial charge in [-0.3, -0.25) is 4.40 Å². The summed E-state index contributed by atoms with van der Waals surface area (Å²) >= 11 is 5.66. The number of fused-ring (bicyclic) bond motifs is 1. The maximum atomic E-state index is 12.2. The molecule has 0 unspecified atom stereocenters. The minimum absolute atomic E-state index is 0.0292. The molecule has 0 bridgehead atoms. The average Bonchev–Trinajstić information content (AvgIpc) is 3.19. The van der Waals surface area contributed by atoms with Crippen LogP contribution in [0.25, 0.3) is 5.65 Å². The van der Waals surface area contributed by atoms with E-state index in [4.69, 9.17) is 17.3 Å². The summed E-state index contributed by atoms with van der Waals surface area (Å²) in [5.74, 6) is 2.87. The molecular weight excluding hydrogens is 449 g/mol. The molecule has 3 rings (SSSR count). The van der Waals surface area contributed by atoms with Gasteiger partial charge in [0.25, 0.3) is 0 Å². The molecule has 0 atom stereocenters. The Kier molecular flexibility index (Phi) is 9.65. The van der Waals surface area contributed by atoms with Crippen LogP contribution in [0.2, 0.25) is 0 Å². The Hall–Kier alpha value is -2.67. The number of imidazole rings is 1. The standard InChI is InChI=1S/C15H21N3.C10H11ClF3N/c1-12-5-7-13(8-6-12)10-16-15-11-17-14-4-2-3-9-18(14)15;1-4-9(11)8(7(3)15)5-6(2)10(12,13)14/h2-4,9,11-13,16H,5-8,10H2,1H3;4-5H,2-3,15H2,1H3/b;8-5-,9-4+. The first kappa shape index (κ1) is 26.6. The number of aromatic nitrogens is 2. The van der Waals surface area contributed by atoms with Gasteiger partial charge in [0.15, 0.2) is 0 Å². The van der Waals surface area contributed by atoms with Crippen LogP contribution in [0.4, 0.5) is 19.0 Å². The van der Waals surface area contributed by atoms with Crippen molar-refractivity contribution in [3.8, 4) is 0 Å². The number of hydrogen-bond donors (Lipinski definition) is 2. The van der Waals surface area contributed by atoms with Crippen molar-refractivity contribution in [2.45, 2.75) is 45.7 Å². The maximum Gasteiger partial charge on any atom is 0.415 e. The summed E-state index contributed by atoms with van der Waals surface area (Å²) in [6, 6.07) is 6.10. The van der Waals surface area contributed by atoms with Gasteiger partial charge in [-0.15, -0.1) is 0 Å². The van der Waals surface area contributed by atoms with Crippen LogP contribution in [-0.2, 0) is 0 Å². The molecule has 2 heterocycles. The van der Waals surface area contributed by atoms with Gasteiger partial charge < -0.3 is 11.1 Å². The van der Waals surface area contributed by atoms with E-state index in [0.29, 0.717) is 0 Å². The van der Waals surface area contributed by atoms with Gasteiger partial charge in [0.1, 0.15) is 11.5 Å². The number of anilines is 1. The molecule has 33 heavy (non-hydrogen) atoms. The molecule has 1 aliphatic carbocycles. The second kappa shape index (κ2) is 12.0. The molecule has 2 aromatic heterocycles. The number of alkyl halides is 3. The van der Waals surface area contributed by atoms with Gasteiger partial charge in [0, 0.05) is 34.6 Å². The zero-order valence-electron chi connectivity index (χ0n) is 19.1. The summed E-state index contributed by atoms with van der Waals surface area (Å²) in [6.45, 7) is 11.2. The van der Waals surface area contributed by atoms with Crippen molar-refractivity contribution in [2.75, 3.05) is 11.9 Å². The van der Waals surface area contributed by atoms with E-state index in [-0.39, 0.29) is 16.3 Å². The van der Waals surface area contributed by atoms with E-state index in [1.165, 1.54) is 31.8 Å². The van der Waals surface area contributed by atoms with Crippen LogP contribution < -0.4 is 11.1 Å². The Bertz CT molecular complexity index is 1010. The highest BCUT2D eigenvalue weighted by Gasteiger charge is 2.30. The van der Waals surface area contributed by atoms with Crippen molar-refractivity contribution >= 4 is 23.1 Å². The first-order valence-corrected chi connectivity index (χ1v) is 11.3.